The lowest BCUT2D eigenvalue weighted by atomic mass is 10.1. The molecule has 2 atom stereocenters. The lowest BCUT2D eigenvalue weighted by Gasteiger charge is -2.05. The van der Waals surface area contributed by atoms with E-state index in [2.05, 4.69) is 13.8 Å². The number of rotatable bonds is 4. The van der Waals surface area contributed by atoms with Crippen LogP contribution in [0.15, 0.2) is 42.0 Å². The summed E-state index contributed by atoms with van der Waals surface area (Å²) in [6, 6.07) is 9.69. The molecule has 1 aromatic rings. The van der Waals surface area contributed by atoms with Crippen LogP contribution in [0.5, 0.6) is 0 Å². The Hall–Kier alpha value is -1.55. The Morgan fingerprint density at radius 3 is 2.73 bits per heavy atom. The molecule has 1 aliphatic carbocycles. The zero-order valence-electron chi connectivity index (χ0n) is 12.9. The normalized spacial score (nSPS) is 27.9. The molecule has 1 aromatic carbocycles. The zero-order chi connectivity index (χ0) is 15.7. The SMILES string of the molecule is CC1(C)C(/C=C2\CCSC2=O)C1C(=O)OCc1ccccc1. The number of thioether (sulfide) groups is 1. The van der Waals surface area contributed by atoms with Gasteiger partial charge in [0.1, 0.15) is 6.61 Å². The van der Waals surface area contributed by atoms with Crippen molar-refractivity contribution >= 4 is 22.8 Å². The highest BCUT2D eigenvalue weighted by molar-refractivity contribution is 8.14. The molecule has 0 radical (unpaired) electrons. The number of benzene rings is 1. The summed E-state index contributed by atoms with van der Waals surface area (Å²) in [6.07, 6.45) is 2.83. The highest BCUT2D eigenvalue weighted by Crippen LogP contribution is 2.60. The molecule has 0 spiro atoms. The highest BCUT2D eigenvalue weighted by Gasteiger charge is 2.61. The number of carbonyl (C=O) groups is 2. The molecular formula is C18H20O3S. The number of hydrogen-bond acceptors (Lipinski definition) is 4. The zero-order valence-corrected chi connectivity index (χ0v) is 13.7. The van der Waals surface area contributed by atoms with Crippen molar-refractivity contribution < 1.29 is 14.3 Å². The van der Waals surface area contributed by atoms with Gasteiger partial charge in [0.25, 0.3) is 0 Å². The van der Waals surface area contributed by atoms with Crippen molar-refractivity contribution in [2.75, 3.05) is 5.75 Å². The third kappa shape index (κ3) is 2.98. The first-order chi connectivity index (χ1) is 10.5. The van der Waals surface area contributed by atoms with Crippen molar-refractivity contribution in [3.8, 4) is 0 Å². The van der Waals surface area contributed by atoms with E-state index in [1.54, 1.807) is 0 Å². The van der Waals surface area contributed by atoms with E-state index in [1.165, 1.54) is 11.8 Å². The van der Waals surface area contributed by atoms with Gasteiger partial charge in [-0.15, -0.1) is 0 Å². The van der Waals surface area contributed by atoms with Gasteiger partial charge in [-0.05, 0) is 23.3 Å². The molecule has 1 saturated heterocycles. The fourth-order valence-electron chi connectivity index (χ4n) is 3.07. The molecule has 3 nitrogen and oxygen atoms in total. The summed E-state index contributed by atoms with van der Waals surface area (Å²) in [5, 5.41) is 0.166. The van der Waals surface area contributed by atoms with Crippen molar-refractivity contribution in [3.05, 3.63) is 47.5 Å². The minimum Gasteiger partial charge on any atom is -0.461 e. The second-order valence-electron chi connectivity index (χ2n) is 6.50. The van der Waals surface area contributed by atoms with E-state index in [9.17, 15) is 9.59 Å². The summed E-state index contributed by atoms with van der Waals surface area (Å²) < 4.78 is 5.45. The average molecular weight is 316 g/mol. The Balaban J connectivity index is 1.62. The number of esters is 1. The molecule has 3 rings (SSSR count). The summed E-state index contributed by atoms with van der Waals surface area (Å²) in [4.78, 5) is 24.0. The Morgan fingerprint density at radius 2 is 2.09 bits per heavy atom. The monoisotopic (exact) mass is 316 g/mol. The number of carbonyl (C=O) groups excluding carboxylic acids is 2. The molecule has 2 aliphatic rings. The van der Waals surface area contributed by atoms with E-state index in [0.29, 0.717) is 6.61 Å². The van der Waals surface area contributed by atoms with Gasteiger partial charge in [-0.2, -0.15) is 0 Å². The minimum atomic E-state index is -0.159. The summed E-state index contributed by atoms with van der Waals surface area (Å²) in [7, 11) is 0. The van der Waals surface area contributed by atoms with Crippen LogP contribution in [0.1, 0.15) is 25.8 Å². The number of allylic oxidation sites excluding steroid dienone is 1. The molecule has 1 heterocycles. The Bertz CT molecular complexity index is 618. The fraction of sp³-hybridized carbons (Fsp3) is 0.444. The Morgan fingerprint density at radius 1 is 1.36 bits per heavy atom. The van der Waals surface area contributed by atoms with E-state index in [1.807, 2.05) is 36.4 Å². The first-order valence-electron chi connectivity index (χ1n) is 7.58. The maximum absolute atomic E-state index is 12.3. The Labute approximate surface area is 135 Å². The smallest absolute Gasteiger partial charge is 0.310 e. The van der Waals surface area contributed by atoms with Crippen molar-refractivity contribution in [1.29, 1.82) is 0 Å². The molecule has 0 aromatic heterocycles. The van der Waals surface area contributed by atoms with Gasteiger partial charge in [-0.1, -0.05) is 62.0 Å². The minimum absolute atomic E-state index is 0.117. The van der Waals surface area contributed by atoms with Gasteiger partial charge < -0.3 is 4.74 Å². The van der Waals surface area contributed by atoms with Gasteiger partial charge in [0.2, 0.25) is 5.12 Å². The summed E-state index contributed by atoms with van der Waals surface area (Å²) in [6.45, 7) is 4.44. The summed E-state index contributed by atoms with van der Waals surface area (Å²) >= 11 is 1.37. The quantitative estimate of drug-likeness (QED) is 0.629. The van der Waals surface area contributed by atoms with Crippen LogP contribution in [0.3, 0.4) is 0 Å². The first-order valence-corrected chi connectivity index (χ1v) is 8.57. The molecule has 116 valence electrons. The lowest BCUT2D eigenvalue weighted by Crippen LogP contribution is -2.10. The van der Waals surface area contributed by atoms with E-state index in [0.717, 1.165) is 23.3 Å². The van der Waals surface area contributed by atoms with Crippen molar-refractivity contribution in [2.24, 2.45) is 17.3 Å². The lowest BCUT2D eigenvalue weighted by molar-refractivity contribution is -0.147. The van der Waals surface area contributed by atoms with Gasteiger partial charge >= 0.3 is 5.97 Å². The molecule has 1 aliphatic heterocycles. The van der Waals surface area contributed by atoms with E-state index >= 15 is 0 Å². The molecule has 2 unspecified atom stereocenters. The van der Waals surface area contributed by atoms with Crippen molar-refractivity contribution in [3.63, 3.8) is 0 Å². The summed E-state index contributed by atoms with van der Waals surface area (Å²) in [5.41, 5.74) is 1.75. The number of ether oxygens (including phenoxy) is 1. The van der Waals surface area contributed by atoms with Gasteiger partial charge in [0.05, 0.1) is 5.92 Å². The van der Waals surface area contributed by atoms with Crippen LogP contribution in [-0.2, 0) is 20.9 Å². The predicted molar refractivity (Wildman–Crippen MR) is 87.2 cm³/mol. The van der Waals surface area contributed by atoms with Crippen molar-refractivity contribution in [2.45, 2.75) is 26.9 Å². The fourth-order valence-corrected chi connectivity index (χ4v) is 3.94. The third-order valence-electron chi connectivity index (χ3n) is 4.64. The molecule has 2 fully saturated rings. The Kier molecular flexibility index (Phi) is 4.13. The molecule has 0 bridgehead atoms. The van der Waals surface area contributed by atoms with Crippen LogP contribution in [0.4, 0.5) is 0 Å². The van der Waals surface area contributed by atoms with Crippen molar-refractivity contribution in [1.82, 2.24) is 0 Å². The van der Waals surface area contributed by atoms with E-state index < -0.39 is 0 Å². The molecule has 0 amide bonds. The second kappa shape index (κ2) is 5.92. The van der Waals surface area contributed by atoms with Crippen LogP contribution in [0, 0.1) is 17.3 Å². The highest BCUT2D eigenvalue weighted by atomic mass is 32.2. The second-order valence-corrected chi connectivity index (χ2v) is 7.56. The van der Waals surface area contributed by atoms with Gasteiger partial charge in [0, 0.05) is 11.3 Å². The predicted octanol–water partition coefficient (Wildman–Crippen LogP) is 3.59. The van der Waals surface area contributed by atoms with Crippen LogP contribution < -0.4 is 0 Å². The number of hydrogen-bond donors (Lipinski definition) is 0. The molecular weight excluding hydrogens is 296 g/mol. The summed E-state index contributed by atoms with van der Waals surface area (Å²) in [5.74, 6) is 0.685. The largest absolute Gasteiger partial charge is 0.461 e. The molecule has 22 heavy (non-hydrogen) atoms. The van der Waals surface area contributed by atoms with E-state index in [-0.39, 0.29) is 28.3 Å². The van der Waals surface area contributed by atoms with Gasteiger partial charge in [-0.25, -0.2) is 0 Å². The average Bonchev–Trinajstić information content (AvgIpc) is 2.81. The molecule has 0 N–H and O–H groups in total. The van der Waals surface area contributed by atoms with Gasteiger partial charge in [0.15, 0.2) is 0 Å². The third-order valence-corrected chi connectivity index (χ3v) is 5.57. The standard InChI is InChI=1S/C18H20O3S/c1-18(2)14(10-13-8-9-22-17(13)20)15(18)16(19)21-11-12-6-4-3-5-7-12/h3-7,10,14-15H,8-9,11H2,1-2H3/b13-10+. The molecule has 1 saturated carbocycles. The van der Waals surface area contributed by atoms with Crippen LogP contribution in [0.25, 0.3) is 0 Å². The maximum Gasteiger partial charge on any atom is 0.310 e. The maximum atomic E-state index is 12.3. The van der Waals surface area contributed by atoms with Crippen LogP contribution >= 0.6 is 11.8 Å². The van der Waals surface area contributed by atoms with Gasteiger partial charge in [-0.3, -0.25) is 9.59 Å². The first kappa shape index (κ1) is 15.3. The molecule has 4 heteroatoms. The van der Waals surface area contributed by atoms with E-state index in [4.69, 9.17) is 4.74 Å². The van der Waals surface area contributed by atoms with Crippen LogP contribution in [0.2, 0.25) is 0 Å². The topological polar surface area (TPSA) is 43.4 Å². The van der Waals surface area contributed by atoms with Crippen LogP contribution in [-0.4, -0.2) is 16.8 Å².